The van der Waals surface area contributed by atoms with Gasteiger partial charge < -0.3 is 15.1 Å². The van der Waals surface area contributed by atoms with E-state index < -0.39 is 5.91 Å². The van der Waals surface area contributed by atoms with E-state index in [1.165, 1.54) is 0 Å². The van der Waals surface area contributed by atoms with Gasteiger partial charge in [0.05, 0.1) is 0 Å². The molecule has 0 fully saturated rings. The Labute approximate surface area is 145 Å². The summed E-state index contributed by atoms with van der Waals surface area (Å²) in [6.45, 7) is 2.48. The van der Waals surface area contributed by atoms with Gasteiger partial charge in [-0.05, 0) is 24.6 Å². The molecule has 0 spiro atoms. The van der Waals surface area contributed by atoms with E-state index in [2.05, 4.69) is 4.98 Å². The SMILES string of the molecule is Cc1ccc2oc(C(=O)N(CCC(N)=O)Cc3ccccc3)cc2n1. The Balaban J connectivity index is 1.87. The van der Waals surface area contributed by atoms with Crippen molar-refractivity contribution in [1.29, 1.82) is 0 Å². The molecule has 25 heavy (non-hydrogen) atoms. The van der Waals surface area contributed by atoms with Crippen LogP contribution in [0.5, 0.6) is 0 Å². The van der Waals surface area contributed by atoms with Crippen LogP contribution in [-0.4, -0.2) is 28.2 Å². The second-order valence-electron chi connectivity index (χ2n) is 5.88. The minimum Gasteiger partial charge on any atom is -0.449 e. The summed E-state index contributed by atoms with van der Waals surface area (Å²) in [5.74, 6) is -0.540. The fourth-order valence-corrected chi connectivity index (χ4v) is 2.59. The number of fused-ring (bicyclic) bond motifs is 1. The number of benzene rings is 1. The van der Waals surface area contributed by atoms with Gasteiger partial charge >= 0.3 is 0 Å². The van der Waals surface area contributed by atoms with Gasteiger partial charge in [0.2, 0.25) is 5.91 Å². The largest absolute Gasteiger partial charge is 0.449 e. The Kier molecular flexibility index (Phi) is 4.79. The quantitative estimate of drug-likeness (QED) is 0.749. The molecule has 2 heterocycles. The average Bonchev–Trinajstić information content (AvgIpc) is 3.01. The van der Waals surface area contributed by atoms with Crippen LogP contribution in [0.1, 0.15) is 28.2 Å². The smallest absolute Gasteiger partial charge is 0.289 e. The van der Waals surface area contributed by atoms with Gasteiger partial charge in [0.25, 0.3) is 5.91 Å². The number of hydrogen-bond acceptors (Lipinski definition) is 4. The molecule has 0 saturated carbocycles. The third-order valence-electron chi connectivity index (χ3n) is 3.86. The maximum absolute atomic E-state index is 12.9. The predicted octanol–water partition coefficient (Wildman–Crippen LogP) is 2.65. The van der Waals surface area contributed by atoms with Crippen molar-refractivity contribution in [3.63, 3.8) is 0 Å². The number of rotatable bonds is 6. The summed E-state index contributed by atoms with van der Waals surface area (Å²) >= 11 is 0. The highest BCUT2D eigenvalue weighted by Crippen LogP contribution is 2.20. The highest BCUT2D eigenvalue weighted by atomic mass is 16.3. The molecular weight excluding hydrogens is 318 g/mol. The molecule has 6 heteroatoms. The number of carbonyl (C=O) groups is 2. The minimum absolute atomic E-state index is 0.0934. The fourth-order valence-electron chi connectivity index (χ4n) is 2.59. The molecule has 128 valence electrons. The Morgan fingerprint density at radius 2 is 1.92 bits per heavy atom. The molecule has 0 atom stereocenters. The van der Waals surface area contributed by atoms with E-state index in [4.69, 9.17) is 10.2 Å². The van der Waals surface area contributed by atoms with E-state index in [0.717, 1.165) is 11.3 Å². The first kappa shape index (κ1) is 16.7. The van der Waals surface area contributed by atoms with Crippen molar-refractivity contribution in [3.05, 3.63) is 65.5 Å². The van der Waals surface area contributed by atoms with Gasteiger partial charge in [-0.25, -0.2) is 4.98 Å². The summed E-state index contributed by atoms with van der Waals surface area (Å²) < 4.78 is 5.64. The Bertz CT molecular complexity index is 903. The first-order chi connectivity index (χ1) is 12.0. The molecule has 3 rings (SSSR count). The van der Waals surface area contributed by atoms with Gasteiger partial charge in [-0.2, -0.15) is 0 Å². The highest BCUT2D eigenvalue weighted by molar-refractivity contribution is 5.95. The van der Waals surface area contributed by atoms with E-state index in [-0.39, 0.29) is 24.6 Å². The highest BCUT2D eigenvalue weighted by Gasteiger charge is 2.21. The Morgan fingerprint density at radius 3 is 2.64 bits per heavy atom. The Hall–Kier alpha value is -3.15. The van der Waals surface area contributed by atoms with E-state index in [1.54, 1.807) is 17.0 Å². The van der Waals surface area contributed by atoms with Gasteiger partial charge in [-0.3, -0.25) is 9.59 Å². The summed E-state index contributed by atoms with van der Waals surface area (Å²) in [4.78, 5) is 29.9. The molecule has 0 aliphatic heterocycles. The lowest BCUT2D eigenvalue weighted by Gasteiger charge is -2.21. The molecule has 3 aromatic rings. The Morgan fingerprint density at radius 1 is 1.16 bits per heavy atom. The number of aromatic nitrogens is 1. The lowest BCUT2D eigenvalue weighted by atomic mass is 10.2. The van der Waals surface area contributed by atoms with Gasteiger partial charge in [0, 0.05) is 31.3 Å². The number of nitrogens with two attached hydrogens (primary N) is 1. The molecule has 0 radical (unpaired) electrons. The predicted molar refractivity (Wildman–Crippen MR) is 93.7 cm³/mol. The molecule has 0 saturated heterocycles. The fraction of sp³-hybridized carbons (Fsp3) is 0.211. The number of amides is 2. The van der Waals surface area contributed by atoms with Crippen molar-refractivity contribution in [3.8, 4) is 0 Å². The first-order valence-electron chi connectivity index (χ1n) is 8.01. The summed E-state index contributed by atoms with van der Waals surface area (Å²) in [6, 6.07) is 14.8. The van der Waals surface area contributed by atoms with Crippen LogP contribution in [-0.2, 0) is 11.3 Å². The van der Waals surface area contributed by atoms with Crippen molar-refractivity contribution in [2.24, 2.45) is 5.73 Å². The van der Waals surface area contributed by atoms with Crippen LogP contribution in [0.2, 0.25) is 0 Å². The second kappa shape index (κ2) is 7.17. The van der Waals surface area contributed by atoms with Crippen molar-refractivity contribution in [2.45, 2.75) is 19.9 Å². The summed E-state index contributed by atoms with van der Waals surface area (Å²) in [6.07, 6.45) is 0.0934. The lowest BCUT2D eigenvalue weighted by Crippen LogP contribution is -2.33. The standard InChI is InChI=1S/C19H19N3O3/c1-13-7-8-16-15(21-13)11-17(25-16)19(24)22(10-9-18(20)23)12-14-5-3-2-4-6-14/h2-8,11H,9-10,12H2,1H3,(H2,20,23). The van der Waals surface area contributed by atoms with E-state index in [9.17, 15) is 9.59 Å². The van der Waals surface area contributed by atoms with E-state index in [0.29, 0.717) is 17.6 Å². The van der Waals surface area contributed by atoms with Gasteiger partial charge in [0.1, 0.15) is 5.52 Å². The van der Waals surface area contributed by atoms with Crippen molar-refractivity contribution >= 4 is 22.9 Å². The average molecular weight is 337 g/mol. The number of primary amides is 1. The summed E-state index contributed by atoms with van der Waals surface area (Å²) in [5.41, 5.74) is 8.25. The number of furan rings is 1. The molecule has 0 unspecified atom stereocenters. The normalized spacial score (nSPS) is 10.8. The van der Waals surface area contributed by atoms with Gasteiger partial charge in [-0.15, -0.1) is 0 Å². The second-order valence-corrected chi connectivity index (χ2v) is 5.88. The molecule has 0 bridgehead atoms. The molecule has 2 aromatic heterocycles. The van der Waals surface area contributed by atoms with Crippen molar-refractivity contribution in [2.75, 3.05) is 6.54 Å². The van der Waals surface area contributed by atoms with Crippen molar-refractivity contribution < 1.29 is 14.0 Å². The molecule has 0 aliphatic carbocycles. The number of aryl methyl sites for hydroxylation is 1. The van der Waals surface area contributed by atoms with Crippen LogP contribution in [0.3, 0.4) is 0 Å². The van der Waals surface area contributed by atoms with E-state index in [1.807, 2.05) is 43.3 Å². The zero-order valence-corrected chi connectivity index (χ0v) is 13.9. The monoisotopic (exact) mass is 337 g/mol. The molecule has 2 N–H and O–H groups in total. The van der Waals surface area contributed by atoms with Crippen molar-refractivity contribution in [1.82, 2.24) is 9.88 Å². The number of nitrogens with zero attached hydrogens (tertiary/aromatic N) is 2. The molecule has 6 nitrogen and oxygen atoms in total. The van der Waals surface area contributed by atoms with Crippen LogP contribution in [0.4, 0.5) is 0 Å². The topological polar surface area (TPSA) is 89.4 Å². The number of hydrogen-bond donors (Lipinski definition) is 1. The third kappa shape index (κ3) is 4.03. The van der Waals surface area contributed by atoms with Gasteiger partial charge in [-0.1, -0.05) is 30.3 Å². The first-order valence-corrected chi connectivity index (χ1v) is 8.01. The zero-order valence-electron chi connectivity index (χ0n) is 13.9. The molecule has 0 aliphatic rings. The maximum atomic E-state index is 12.9. The van der Waals surface area contributed by atoms with Crippen LogP contribution in [0.15, 0.2) is 52.9 Å². The number of carbonyl (C=O) groups excluding carboxylic acids is 2. The van der Waals surface area contributed by atoms with Crippen LogP contribution >= 0.6 is 0 Å². The summed E-state index contributed by atoms with van der Waals surface area (Å²) in [5, 5.41) is 0. The van der Waals surface area contributed by atoms with Gasteiger partial charge in [0.15, 0.2) is 11.3 Å². The maximum Gasteiger partial charge on any atom is 0.289 e. The summed E-state index contributed by atoms with van der Waals surface area (Å²) in [7, 11) is 0. The zero-order chi connectivity index (χ0) is 17.8. The van der Waals surface area contributed by atoms with Crippen LogP contribution in [0, 0.1) is 6.92 Å². The molecular formula is C19H19N3O3. The molecule has 2 amide bonds. The van der Waals surface area contributed by atoms with E-state index >= 15 is 0 Å². The van der Waals surface area contributed by atoms with Crippen LogP contribution < -0.4 is 5.73 Å². The number of pyridine rings is 1. The lowest BCUT2D eigenvalue weighted by molar-refractivity contribution is -0.118. The third-order valence-corrected chi connectivity index (χ3v) is 3.86. The van der Waals surface area contributed by atoms with Crippen LogP contribution in [0.25, 0.3) is 11.1 Å². The molecule has 1 aromatic carbocycles. The minimum atomic E-state index is -0.451.